The molecule has 0 radical (unpaired) electrons. The number of nitrogens with one attached hydrogen (secondary N) is 2. The third kappa shape index (κ3) is 4.77. The Morgan fingerprint density at radius 1 is 1.28 bits per heavy atom. The van der Waals surface area contributed by atoms with Gasteiger partial charge in [-0.1, -0.05) is 19.8 Å². The number of carbonyl (C=O) groups excluding carboxylic acids is 1. The van der Waals surface area contributed by atoms with Crippen molar-refractivity contribution < 1.29 is 4.79 Å². The van der Waals surface area contributed by atoms with E-state index in [0.717, 1.165) is 13.1 Å². The fraction of sp³-hybridized carbons (Fsp3) is 0.929. The summed E-state index contributed by atoms with van der Waals surface area (Å²) in [4.78, 5) is 11.9. The van der Waals surface area contributed by atoms with Crippen molar-refractivity contribution in [2.45, 2.75) is 57.9 Å². The van der Waals surface area contributed by atoms with E-state index in [4.69, 9.17) is 0 Å². The Hall–Kier alpha value is -0.280. The molecule has 1 aliphatic heterocycles. The predicted octanol–water partition coefficient (Wildman–Crippen LogP) is 2.49. The number of rotatable bonds is 4. The summed E-state index contributed by atoms with van der Waals surface area (Å²) in [5.41, 5.74) is 0. The zero-order chi connectivity index (χ0) is 12.1. The maximum atomic E-state index is 11.9. The molecule has 2 unspecified atom stereocenters. The summed E-state index contributed by atoms with van der Waals surface area (Å²) in [5, 5.41) is 6.62. The topological polar surface area (TPSA) is 41.1 Å². The van der Waals surface area contributed by atoms with Crippen molar-refractivity contribution in [2.75, 3.05) is 13.1 Å². The molecule has 2 atom stereocenters. The van der Waals surface area contributed by atoms with Gasteiger partial charge in [0.15, 0.2) is 0 Å². The van der Waals surface area contributed by atoms with Crippen LogP contribution in [-0.4, -0.2) is 25.0 Å². The molecule has 2 N–H and O–H groups in total. The summed E-state index contributed by atoms with van der Waals surface area (Å²) in [6, 6.07) is 0.471. The molecular weight excluding hydrogens is 248 g/mol. The zero-order valence-corrected chi connectivity index (χ0v) is 12.2. The first-order chi connectivity index (χ1) is 8.25. The molecule has 4 heteroatoms. The van der Waals surface area contributed by atoms with Gasteiger partial charge in [0.2, 0.25) is 5.91 Å². The van der Waals surface area contributed by atoms with Crippen molar-refractivity contribution in [2.24, 2.45) is 11.8 Å². The summed E-state index contributed by atoms with van der Waals surface area (Å²) in [5.74, 6) is 1.48. The smallest absolute Gasteiger partial charge is 0.220 e. The van der Waals surface area contributed by atoms with Crippen molar-refractivity contribution >= 4 is 18.3 Å². The molecule has 0 aromatic carbocycles. The Morgan fingerprint density at radius 3 is 2.61 bits per heavy atom. The maximum absolute atomic E-state index is 11.9. The first kappa shape index (κ1) is 15.8. The highest BCUT2D eigenvalue weighted by atomic mass is 35.5. The lowest BCUT2D eigenvalue weighted by atomic mass is 9.85. The summed E-state index contributed by atoms with van der Waals surface area (Å²) in [6.07, 6.45) is 8.20. The summed E-state index contributed by atoms with van der Waals surface area (Å²) >= 11 is 0. The van der Waals surface area contributed by atoms with Crippen molar-refractivity contribution in [1.29, 1.82) is 0 Å². The van der Waals surface area contributed by atoms with E-state index in [1.54, 1.807) is 0 Å². The SMILES string of the molecule is CC(CC(=O)NC1CCCC1)C1CCCNC1.Cl. The monoisotopic (exact) mass is 274 g/mol. The van der Waals surface area contributed by atoms with Gasteiger partial charge >= 0.3 is 0 Å². The van der Waals surface area contributed by atoms with Crippen molar-refractivity contribution in [1.82, 2.24) is 10.6 Å². The molecule has 1 amide bonds. The third-order valence-corrected chi connectivity index (χ3v) is 4.37. The van der Waals surface area contributed by atoms with Gasteiger partial charge in [0.25, 0.3) is 0 Å². The van der Waals surface area contributed by atoms with Crippen molar-refractivity contribution in [3.63, 3.8) is 0 Å². The predicted molar refractivity (Wildman–Crippen MR) is 77.0 cm³/mol. The highest BCUT2D eigenvalue weighted by Crippen LogP contribution is 2.23. The highest BCUT2D eigenvalue weighted by Gasteiger charge is 2.23. The molecule has 106 valence electrons. The highest BCUT2D eigenvalue weighted by molar-refractivity contribution is 5.85. The molecule has 1 heterocycles. The summed E-state index contributed by atoms with van der Waals surface area (Å²) in [7, 11) is 0. The van der Waals surface area contributed by atoms with E-state index in [2.05, 4.69) is 17.6 Å². The number of piperidine rings is 1. The zero-order valence-electron chi connectivity index (χ0n) is 11.4. The van der Waals surface area contributed by atoms with Crippen LogP contribution in [0.5, 0.6) is 0 Å². The average molecular weight is 275 g/mol. The second-order valence-corrected chi connectivity index (χ2v) is 5.84. The molecular formula is C14H27ClN2O. The molecule has 2 aliphatic rings. The van der Waals surface area contributed by atoms with Crippen LogP contribution in [-0.2, 0) is 4.79 Å². The van der Waals surface area contributed by atoms with E-state index in [-0.39, 0.29) is 18.3 Å². The first-order valence-corrected chi connectivity index (χ1v) is 7.26. The van der Waals surface area contributed by atoms with Gasteiger partial charge in [0.05, 0.1) is 0 Å². The fourth-order valence-corrected chi connectivity index (χ4v) is 3.18. The molecule has 2 fully saturated rings. The van der Waals surface area contributed by atoms with Crippen LogP contribution < -0.4 is 10.6 Å². The number of amides is 1. The van der Waals surface area contributed by atoms with Gasteiger partial charge in [-0.25, -0.2) is 0 Å². The number of hydrogen-bond acceptors (Lipinski definition) is 2. The van der Waals surface area contributed by atoms with Gasteiger partial charge in [-0.2, -0.15) is 0 Å². The molecule has 0 aromatic heterocycles. The summed E-state index contributed by atoms with van der Waals surface area (Å²) in [6.45, 7) is 4.47. The molecule has 18 heavy (non-hydrogen) atoms. The second-order valence-electron chi connectivity index (χ2n) is 5.84. The Bertz CT molecular complexity index is 248. The fourth-order valence-electron chi connectivity index (χ4n) is 3.18. The van der Waals surface area contributed by atoms with Crippen LogP contribution in [0, 0.1) is 11.8 Å². The van der Waals surface area contributed by atoms with Gasteiger partial charge in [-0.15, -0.1) is 12.4 Å². The minimum Gasteiger partial charge on any atom is -0.353 e. The van der Waals surface area contributed by atoms with Gasteiger partial charge in [0.1, 0.15) is 0 Å². The molecule has 2 rings (SSSR count). The van der Waals surface area contributed by atoms with Crippen LogP contribution in [0.1, 0.15) is 51.9 Å². The van der Waals surface area contributed by atoms with E-state index < -0.39 is 0 Å². The Kier molecular flexibility index (Phi) is 7.02. The Balaban J connectivity index is 0.00000162. The van der Waals surface area contributed by atoms with Gasteiger partial charge < -0.3 is 10.6 Å². The van der Waals surface area contributed by atoms with Crippen LogP contribution in [0.3, 0.4) is 0 Å². The molecule has 0 aromatic rings. The minimum absolute atomic E-state index is 0. The van der Waals surface area contributed by atoms with Crippen LogP contribution in [0.25, 0.3) is 0 Å². The Morgan fingerprint density at radius 2 is 2.00 bits per heavy atom. The van der Waals surface area contributed by atoms with E-state index in [0.29, 0.717) is 24.3 Å². The lowest BCUT2D eigenvalue weighted by Gasteiger charge is -2.28. The molecule has 1 aliphatic carbocycles. The third-order valence-electron chi connectivity index (χ3n) is 4.37. The molecule has 1 saturated heterocycles. The van der Waals surface area contributed by atoms with E-state index in [1.165, 1.54) is 38.5 Å². The van der Waals surface area contributed by atoms with E-state index in [9.17, 15) is 4.79 Å². The van der Waals surface area contributed by atoms with Crippen LogP contribution in [0.2, 0.25) is 0 Å². The van der Waals surface area contributed by atoms with Crippen molar-refractivity contribution in [3.8, 4) is 0 Å². The lowest BCUT2D eigenvalue weighted by molar-refractivity contribution is -0.123. The molecule has 3 nitrogen and oxygen atoms in total. The van der Waals surface area contributed by atoms with Gasteiger partial charge in [-0.05, 0) is 50.6 Å². The number of carbonyl (C=O) groups is 1. The van der Waals surface area contributed by atoms with Crippen molar-refractivity contribution in [3.05, 3.63) is 0 Å². The summed E-state index contributed by atoms with van der Waals surface area (Å²) < 4.78 is 0. The lowest BCUT2D eigenvalue weighted by Crippen LogP contribution is -2.37. The number of hydrogen-bond donors (Lipinski definition) is 2. The standard InChI is InChI=1S/C14H26N2O.ClH/c1-11(12-5-4-8-15-10-12)9-14(17)16-13-6-2-3-7-13;/h11-13,15H,2-10H2,1H3,(H,16,17);1H. The second kappa shape index (κ2) is 8.00. The minimum atomic E-state index is 0. The maximum Gasteiger partial charge on any atom is 0.220 e. The van der Waals surface area contributed by atoms with Gasteiger partial charge in [0, 0.05) is 12.5 Å². The molecule has 1 saturated carbocycles. The van der Waals surface area contributed by atoms with E-state index in [1.807, 2.05) is 0 Å². The normalized spacial score (nSPS) is 26.4. The largest absolute Gasteiger partial charge is 0.353 e. The Labute approximate surface area is 117 Å². The first-order valence-electron chi connectivity index (χ1n) is 7.26. The number of halogens is 1. The van der Waals surface area contributed by atoms with Crippen LogP contribution in [0.15, 0.2) is 0 Å². The van der Waals surface area contributed by atoms with Gasteiger partial charge in [-0.3, -0.25) is 4.79 Å². The molecule has 0 bridgehead atoms. The quantitative estimate of drug-likeness (QED) is 0.827. The average Bonchev–Trinajstić information content (AvgIpc) is 2.82. The van der Waals surface area contributed by atoms with Crippen LogP contribution in [0.4, 0.5) is 0 Å². The van der Waals surface area contributed by atoms with Crippen LogP contribution >= 0.6 is 12.4 Å². The molecule has 0 spiro atoms. The van der Waals surface area contributed by atoms with E-state index >= 15 is 0 Å².